The molecule has 0 bridgehead atoms. The van der Waals surface area contributed by atoms with Gasteiger partial charge in [-0.1, -0.05) is 5.92 Å². The lowest BCUT2D eigenvalue weighted by molar-refractivity contribution is 0.0846. The van der Waals surface area contributed by atoms with Crippen LogP contribution in [0.3, 0.4) is 0 Å². The van der Waals surface area contributed by atoms with Gasteiger partial charge in [-0.25, -0.2) is 14.3 Å². The molecule has 1 saturated heterocycles. The van der Waals surface area contributed by atoms with Crippen molar-refractivity contribution in [3.8, 4) is 12.3 Å². The molecule has 1 atom stereocenters. The van der Waals surface area contributed by atoms with E-state index in [0.717, 1.165) is 51.1 Å². The molecule has 1 N–H and O–H groups in total. The molecule has 8 nitrogen and oxygen atoms in total. The first-order valence-electron chi connectivity index (χ1n) is 9.43. The van der Waals surface area contributed by atoms with Gasteiger partial charge >= 0.3 is 11.7 Å². The average molecular weight is 361 g/mol. The van der Waals surface area contributed by atoms with E-state index in [2.05, 4.69) is 16.3 Å². The van der Waals surface area contributed by atoms with Crippen molar-refractivity contribution in [2.24, 2.45) is 0 Å². The van der Waals surface area contributed by atoms with E-state index in [1.807, 2.05) is 0 Å². The van der Waals surface area contributed by atoms with Crippen molar-refractivity contribution < 1.29 is 9.53 Å². The predicted molar refractivity (Wildman–Crippen MR) is 96.8 cm³/mol. The van der Waals surface area contributed by atoms with Crippen LogP contribution in [0.4, 0.5) is 4.79 Å². The van der Waals surface area contributed by atoms with Gasteiger partial charge in [0.15, 0.2) is 0 Å². The van der Waals surface area contributed by atoms with Crippen LogP contribution in [-0.2, 0) is 24.2 Å². The Morgan fingerprint density at radius 1 is 1.42 bits per heavy atom. The zero-order valence-corrected chi connectivity index (χ0v) is 15.2. The summed E-state index contributed by atoms with van der Waals surface area (Å²) in [6.45, 7) is 3.26. The van der Waals surface area contributed by atoms with E-state index in [1.54, 1.807) is 9.47 Å². The highest BCUT2D eigenvalue weighted by Crippen LogP contribution is 2.13. The molecule has 2 aliphatic heterocycles. The topological polar surface area (TPSA) is 81.4 Å². The smallest absolute Gasteiger partial charge is 0.345 e. The summed E-state index contributed by atoms with van der Waals surface area (Å²) in [7, 11) is 0. The summed E-state index contributed by atoms with van der Waals surface area (Å²) in [5.41, 5.74) is -0.0432. The maximum absolute atomic E-state index is 12.3. The number of carbonyl (C=O) groups excluding carboxylic acids is 1. The van der Waals surface area contributed by atoms with Gasteiger partial charge in [0, 0.05) is 39.2 Å². The molecule has 0 unspecified atom stereocenters. The molecule has 0 saturated carbocycles. The van der Waals surface area contributed by atoms with Crippen LogP contribution in [0.15, 0.2) is 4.79 Å². The lowest BCUT2D eigenvalue weighted by Gasteiger charge is -2.23. The SMILES string of the molecule is C#CCN(C[C@H]1CCCO1)C(=O)NCCCn1nc2n(c1=O)CCCC2. The monoisotopic (exact) mass is 361 g/mol. The van der Waals surface area contributed by atoms with Crippen LogP contribution in [0, 0.1) is 12.3 Å². The molecule has 1 aromatic rings. The molecule has 3 rings (SSSR count). The number of terminal acetylenes is 1. The Hall–Kier alpha value is -2.27. The number of urea groups is 1. The zero-order chi connectivity index (χ0) is 18.4. The highest BCUT2D eigenvalue weighted by atomic mass is 16.5. The van der Waals surface area contributed by atoms with E-state index >= 15 is 0 Å². The summed E-state index contributed by atoms with van der Waals surface area (Å²) in [4.78, 5) is 26.2. The van der Waals surface area contributed by atoms with Crippen molar-refractivity contribution >= 4 is 6.03 Å². The molecule has 142 valence electrons. The van der Waals surface area contributed by atoms with Crippen LogP contribution in [0.2, 0.25) is 0 Å². The molecule has 1 aromatic heterocycles. The highest BCUT2D eigenvalue weighted by Gasteiger charge is 2.22. The number of hydrogen-bond donors (Lipinski definition) is 1. The molecule has 0 aromatic carbocycles. The lowest BCUT2D eigenvalue weighted by atomic mass is 10.2. The van der Waals surface area contributed by atoms with E-state index in [9.17, 15) is 9.59 Å². The van der Waals surface area contributed by atoms with E-state index in [-0.39, 0.29) is 24.4 Å². The number of rotatable bonds is 7. The van der Waals surface area contributed by atoms with Crippen LogP contribution < -0.4 is 11.0 Å². The van der Waals surface area contributed by atoms with Gasteiger partial charge < -0.3 is 15.0 Å². The Balaban J connectivity index is 1.44. The lowest BCUT2D eigenvalue weighted by Crippen LogP contribution is -2.44. The standard InChI is InChI=1S/C18H27N5O3/c1-2-10-21(14-15-7-5-13-26-15)17(24)19-9-6-12-23-18(25)22-11-4-3-8-16(22)20-23/h1,15H,3-14H2,(H,19,24)/t15-/m1/s1. The minimum atomic E-state index is -0.185. The van der Waals surface area contributed by atoms with Crippen LogP contribution in [0.1, 0.15) is 37.9 Å². The summed E-state index contributed by atoms with van der Waals surface area (Å²) in [5, 5.41) is 7.28. The zero-order valence-electron chi connectivity index (χ0n) is 15.2. The van der Waals surface area contributed by atoms with E-state index in [0.29, 0.717) is 26.1 Å². The fourth-order valence-electron chi connectivity index (χ4n) is 3.49. The van der Waals surface area contributed by atoms with Crippen LogP contribution in [0.25, 0.3) is 0 Å². The van der Waals surface area contributed by atoms with Crippen LogP contribution in [0.5, 0.6) is 0 Å². The Bertz CT molecular complexity index is 711. The molecule has 2 amide bonds. The van der Waals surface area contributed by atoms with Crippen LogP contribution >= 0.6 is 0 Å². The second kappa shape index (κ2) is 8.90. The maximum atomic E-state index is 12.3. The molecular weight excluding hydrogens is 334 g/mol. The first-order valence-corrected chi connectivity index (χ1v) is 9.43. The molecule has 3 heterocycles. The second-order valence-electron chi connectivity index (χ2n) is 6.84. The molecule has 8 heteroatoms. The summed E-state index contributed by atoms with van der Waals surface area (Å²) in [6.07, 6.45) is 11.1. The van der Waals surface area contributed by atoms with Gasteiger partial charge in [0.25, 0.3) is 0 Å². The van der Waals surface area contributed by atoms with E-state index < -0.39 is 0 Å². The minimum absolute atomic E-state index is 0.0432. The number of hydrogen-bond acceptors (Lipinski definition) is 4. The third-order valence-corrected chi connectivity index (χ3v) is 4.87. The molecule has 2 aliphatic rings. The largest absolute Gasteiger partial charge is 0.376 e. The number of aryl methyl sites for hydroxylation is 2. The Kier molecular flexibility index (Phi) is 6.34. The molecule has 0 aliphatic carbocycles. The van der Waals surface area contributed by atoms with Gasteiger partial charge in [0.05, 0.1) is 12.6 Å². The van der Waals surface area contributed by atoms with Gasteiger partial charge in [-0.15, -0.1) is 6.42 Å². The fourth-order valence-corrected chi connectivity index (χ4v) is 3.49. The molecule has 0 radical (unpaired) electrons. The molecular formula is C18H27N5O3. The van der Waals surface area contributed by atoms with Crippen molar-refractivity contribution in [1.29, 1.82) is 0 Å². The third-order valence-electron chi connectivity index (χ3n) is 4.87. The second-order valence-corrected chi connectivity index (χ2v) is 6.84. The summed E-state index contributed by atoms with van der Waals surface area (Å²) in [5.74, 6) is 3.40. The predicted octanol–water partition coefficient (Wildman–Crippen LogP) is 0.595. The van der Waals surface area contributed by atoms with Crippen molar-refractivity contribution in [1.82, 2.24) is 24.6 Å². The van der Waals surface area contributed by atoms with Gasteiger partial charge in [-0.2, -0.15) is 5.10 Å². The van der Waals surface area contributed by atoms with E-state index in [1.165, 1.54) is 4.68 Å². The summed E-state index contributed by atoms with van der Waals surface area (Å²) in [6, 6.07) is -0.185. The Morgan fingerprint density at radius 3 is 3.04 bits per heavy atom. The normalized spacial score (nSPS) is 19.0. The first-order chi connectivity index (χ1) is 12.7. The van der Waals surface area contributed by atoms with E-state index in [4.69, 9.17) is 11.2 Å². The number of nitrogens with one attached hydrogen (secondary N) is 1. The maximum Gasteiger partial charge on any atom is 0.345 e. The number of fused-ring (bicyclic) bond motifs is 1. The molecule has 1 fully saturated rings. The van der Waals surface area contributed by atoms with Gasteiger partial charge in [-0.3, -0.25) is 4.57 Å². The Morgan fingerprint density at radius 2 is 2.31 bits per heavy atom. The molecule has 0 spiro atoms. The van der Waals surface area contributed by atoms with Gasteiger partial charge in [-0.05, 0) is 32.1 Å². The highest BCUT2D eigenvalue weighted by molar-refractivity contribution is 5.74. The number of aromatic nitrogens is 3. The van der Waals surface area contributed by atoms with Crippen molar-refractivity contribution in [2.45, 2.75) is 57.7 Å². The minimum Gasteiger partial charge on any atom is -0.376 e. The van der Waals surface area contributed by atoms with Crippen molar-refractivity contribution in [2.75, 3.05) is 26.2 Å². The van der Waals surface area contributed by atoms with Crippen molar-refractivity contribution in [3.63, 3.8) is 0 Å². The van der Waals surface area contributed by atoms with Crippen molar-refractivity contribution in [3.05, 3.63) is 16.3 Å². The third kappa shape index (κ3) is 4.47. The number of nitrogens with zero attached hydrogens (tertiary/aromatic N) is 4. The number of amides is 2. The summed E-state index contributed by atoms with van der Waals surface area (Å²) >= 11 is 0. The quantitative estimate of drug-likeness (QED) is 0.569. The van der Waals surface area contributed by atoms with Gasteiger partial charge in [0.2, 0.25) is 0 Å². The molecule has 26 heavy (non-hydrogen) atoms. The summed E-state index contributed by atoms with van der Waals surface area (Å²) < 4.78 is 8.85. The first kappa shape index (κ1) is 18.5. The average Bonchev–Trinajstić information content (AvgIpc) is 3.27. The number of carbonyl (C=O) groups is 1. The van der Waals surface area contributed by atoms with Gasteiger partial charge in [0.1, 0.15) is 5.82 Å². The fraction of sp³-hybridized carbons (Fsp3) is 0.722. The van der Waals surface area contributed by atoms with Crippen LogP contribution in [-0.4, -0.2) is 57.6 Å². The Labute approximate surface area is 153 Å². The number of ether oxygens (including phenoxy) is 1.